The van der Waals surface area contributed by atoms with E-state index in [0.717, 1.165) is 36.3 Å². The summed E-state index contributed by atoms with van der Waals surface area (Å²) in [7, 11) is 1.71. The fourth-order valence-electron chi connectivity index (χ4n) is 6.22. The molecular formula is C27H31N5O3. The molecule has 1 aromatic carbocycles. The number of ether oxygens (including phenoxy) is 1. The van der Waals surface area contributed by atoms with Gasteiger partial charge in [-0.15, -0.1) is 10.2 Å². The van der Waals surface area contributed by atoms with Gasteiger partial charge >= 0.3 is 0 Å². The molecule has 2 fully saturated rings. The molecule has 2 N–H and O–H groups in total. The van der Waals surface area contributed by atoms with Crippen molar-refractivity contribution in [3.63, 3.8) is 0 Å². The number of nitrogens with zero attached hydrogens (tertiary/aromatic N) is 4. The summed E-state index contributed by atoms with van der Waals surface area (Å²) in [5, 5.41) is 23.7. The molecule has 182 valence electrons. The number of nitrogens with one attached hydrogen (secondary N) is 1. The third kappa shape index (κ3) is 3.86. The van der Waals surface area contributed by atoms with Crippen molar-refractivity contribution in [2.75, 3.05) is 18.1 Å². The van der Waals surface area contributed by atoms with Gasteiger partial charge in [0.05, 0.1) is 6.54 Å². The number of aromatic nitrogens is 3. The number of aryl methyl sites for hydroxylation is 1. The first kappa shape index (κ1) is 22.1. The first-order valence-corrected chi connectivity index (χ1v) is 12.3. The van der Waals surface area contributed by atoms with Crippen LogP contribution in [0.4, 0.5) is 5.82 Å². The number of phenols is 1. The van der Waals surface area contributed by atoms with Gasteiger partial charge in [0.25, 0.3) is 5.56 Å². The summed E-state index contributed by atoms with van der Waals surface area (Å²) in [6.07, 6.45) is 6.28. The van der Waals surface area contributed by atoms with Crippen molar-refractivity contribution in [1.82, 2.24) is 20.1 Å². The van der Waals surface area contributed by atoms with Gasteiger partial charge in [-0.1, -0.05) is 6.07 Å². The van der Waals surface area contributed by atoms with E-state index in [9.17, 15) is 9.90 Å². The number of phenolic OH excluding ortho intramolecular Hbond substituents is 1. The Morgan fingerprint density at radius 3 is 2.51 bits per heavy atom. The Labute approximate surface area is 204 Å². The van der Waals surface area contributed by atoms with E-state index in [0.29, 0.717) is 29.7 Å². The SMILES string of the molecule is Cn1ccc(-c2ccc(-c3cc4c(nn3)N(C3C[C@]5(C)CC[C@](C)(C3)N5)CCO4)c(O)c2)cc1=O. The Balaban J connectivity index is 1.30. The van der Waals surface area contributed by atoms with Crippen molar-refractivity contribution >= 4 is 5.82 Å². The smallest absolute Gasteiger partial charge is 0.250 e. The van der Waals surface area contributed by atoms with E-state index in [1.54, 1.807) is 25.4 Å². The molecule has 0 amide bonds. The number of benzene rings is 1. The van der Waals surface area contributed by atoms with Crippen LogP contribution in [0, 0.1) is 0 Å². The highest BCUT2D eigenvalue weighted by molar-refractivity contribution is 5.75. The second kappa shape index (κ2) is 7.81. The molecular weight excluding hydrogens is 442 g/mol. The van der Waals surface area contributed by atoms with Gasteiger partial charge in [0.1, 0.15) is 18.1 Å². The molecule has 8 nitrogen and oxygen atoms in total. The van der Waals surface area contributed by atoms with E-state index < -0.39 is 0 Å². The third-order valence-corrected chi connectivity index (χ3v) is 7.96. The molecule has 3 aliphatic heterocycles. The topological polar surface area (TPSA) is 92.5 Å². The zero-order valence-electron chi connectivity index (χ0n) is 20.4. The van der Waals surface area contributed by atoms with E-state index in [1.807, 2.05) is 24.3 Å². The molecule has 0 saturated carbocycles. The molecule has 2 bridgehead atoms. The highest BCUT2D eigenvalue weighted by Crippen LogP contribution is 2.46. The number of fused-ring (bicyclic) bond motifs is 3. The molecule has 0 spiro atoms. The molecule has 2 aromatic heterocycles. The molecule has 6 rings (SSSR count). The highest BCUT2D eigenvalue weighted by Gasteiger charge is 2.50. The minimum absolute atomic E-state index is 0.0841. The first-order chi connectivity index (χ1) is 16.7. The number of aromatic hydroxyl groups is 1. The van der Waals surface area contributed by atoms with Crippen LogP contribution in [0.3, 0.4) is 0 Å². The molecule has 2 saturated heterocycles. The number of piperidine rings is 1. The fourth-order valence-corrected chi connectivity index (χ4v) is 6.22. The average Bonchev–Trinajstić information content (AvgIpc) is 3.06. The first-order valence-electron chi connectivity index (χ1n) is 12.3. The normalized spacial score (nSPS) is 27.4. The lowest BCUT2D eigenvalue weighted by molar-refractivity contribution is 0.194. The summed E-state index contributed by atoms with van der Waals surface area (Å²) in [6, 6.07) is 11.0. The molecule has 1 unspecified atom stereocenters. The number of hydrogen-bond donors (Lipinski definition) is 2. The van der Waals surface area contributed by atoms with E-state index in [-0.39, 0.29) is 22.4 Å². The van der Waals surface area contributed by atoms with Crippen molar-refractivity contribution in [2.24, 2.45) is 7.05 Å². The van der Waals surface area contributed by atoms with Crippen LogP contribution in [0.2, 0.25) is 0 Å². The molecule has 3 aliphatic rings. The van der Waals surface area contributed by atoms with Gasteiger partial charge in [-0.05, 0) is 68.9 Å². The van der Waals surface area contributed by atoms with Gasteiger partial charge in [-0.2, -0.15) is 0 Å². The maximum Gasteiger partial charge on any atom is 0.250 e. The second-order valence-electron chi connectivity index (χ2n) is 10.9. The van der Waals surface area contributed by atoms with Crippen LogP contribution in [-0.4, -0.2) is 50.1 Å². The second-order valence-corrected chi connectivity index (χ2v) is 10.9. The maximum atomic E-state index is 12.0. The molecule has 35 heavy (non-hydrogen) atoms. The minimum Gasteiger partial charge on any atom is -0.507 e. The predicted molar refractivity (Wildman–Crippen MR) is 135 cm³/mol. The molecule has 3 atom stereocenters. The van der Waals surface area contributed by atoms with E-state index in [4.69, 9.17) is 4.74 Å². The van der Waals surface area contributed by atoms with E-state index >= 15 is 0 Å². The monoisotopic (exact) mass is 473 g/mol. The zero-order chi connectivity index (χ0) is 24.4. The molecule has 0 radical (unpaired) electrons. The van der Waals surface area contributed by atoms with Crippen molar-refractivity contribution in [2.45, 2.75) is 56.7 Å². The average molecular weight is 474 g/mol. The molecule has 8 heteroatoms. The Hall–Kier alpha value is -3.39. The van der Waals surface area contributed by atoms with Crippen LogP contribution in [-0.2, 0) is 7.05 Å². The van der Waals surface area contributed by atoms with Crippen LogP contribution < -0.4 is 20.5 Å². The van der Waals surface area contributed by atoms with E-state index in [2.05, 4.69) is 34.3 Å². The van der Waals surface area contributed by atoms with Gasteiger partial charge in [0.2, 0.25) is 0 Å². The largest absolute Gasteiger partial charge is 0.507 e. The van der Waals surface area contributed by atoms with Gasteiger partial charge in [-0.25, -0.2) is 0 Å². The number of pyridine rings is 1. The lowest BCUT2D eigenvalue weighted by Crippen LogP contribution is -2.59. The maximum absolute atomic E-state index is 12.0. The van der Waals surface area contributed by atoms with Gasteiger partial charge in [0.15, 0.2) is 11.6 Å². The Morgan fingerprint density at radius 1 is 1.06 bits per heavy atom. The summed E-state index contributed by atoms with van der Waals surface area (Å²) in [6.45, 7) is 6.07. The number of rotatable bonds is 3. The van der Waals surface area contributed by atoms with Crippen LogP contribution in [0.5, 0.6) is 11.5 Å². The molecule has 0 aliphatic carbocycles. The van der Waals surface area contributed by atoms with Crippen molar-refractivity contribution in [3.8, 4) is 33.9 Å². The third-order valence-electron chi connectivity index (χ3n) is 7.96. The fraction of sp³-hybridized carbons (Fsp3) is 0.444. The van der Waals surface area contributed by atoms with Gasteiger partial charge in [-0.3, -0.25) is 4.79 Å². The number of anilines is 1. The van der Waals surface area contributed by atoms with E-state index in [1.165, 1.54) is 17.4 Å². The highest BCUT2D eigenvalue weighted by atomic mass is 16.5. The van der Waals surface area contributed by atoms with Gasteiger partial charge in [0, 0.05) is 48.1 Å². The predicted octanol–water partition coefficient (Wildman–Crippen LogP) is 3.48. The lowest BCUT2D eigenvalue weighted by atomic mass is 9.84. The van der Waals surface area contributed by atoms with Crippen LogP contribution >= 0.6 is 0 Å². The Morgan fingerprint density at radius 2 is 1.80 bits per heavy atom. The lowest BCUT2D eigenvalue weighted by Gasteiger charge is -2.47. The summed E-state index contributed by atoms with van der Waals surface area (Å²) >= 11 is 0. The van der Waals surface area contributed by atoms with Crippen LogP contribution in [0.1, 0.15) is 39.5 Å². The molecule has 3 aromatic rings. The van der Waals surface area contributed by atoms with Gasteiger partial charge < -0.3 is 24.6 Å². The van der Waals surface area contributed by atoms with Crippen LogP contribution in [0.15, 0.2) is 47.4 Å². The summed E-state index contributed by atoms with van der Waals surface area (Å²) in [5.74, 6) is 1.58. The van der Waals surface area contributed by atoms with Crippen molar-refractivity contribution in [3.05, 3.63) is 52.9 Å². The Kier molecular flexibility index (Phi) is 4.93. The summed E-state index contributed by atoms with van der Waals surface area (Å²) < 4.78 is 7.52. The van der Waals surface area contributed by atoms with Crippen molar-refractivity contribution < 1.29 is 9.84 Å². The zero-order valence-corrected chi connectivity index (χ0v) is 20.4. The standard InChI is InChI=1S/C27H31N5O3/c1-26-7-8-27(2,30-26)16-19(15-26)32-10-11-35-23-14-21(28-29-25(23)32)20-5-4-17(12-22(20)33)18-6-9-31(3)24(34)13-18/h4-6,9,12-14,19,30,33H,7-8,10-11,15-16H2,1-3H3/t19?,26-,27+. The number of hydrogen-bond acceptors (Lipinski definition) is 7. The quantitative estimate of drug-likeness (QED) is 0.602. The molecule has 5 heterocycles. The summed E-state index contributed by atoms with van der Waals surface area (Å²) in [5.41, 5.74) is 2.89. The van der Waals surface area contributed by atoms with Crippen LogP contribution in [0.25, 0.3) is 22.4 Å². The summed E-state index contributed by atoms with van der Waals surface area (Å²) in [4.78, 5) is 14.4. The minimum atomic E-state index is -0.0990. The Bertz CT molecular complexity index is 1350. The van der Waals surface area contributed by atoms with Crippen molar-refractivity contribution in [1.29, 1.82) is 0 Å².